The summed E-state index contributed by atoms with van der Waals surface area (Å²) in [4.78, 5) is 10.3. The van der Waals surface area contributed by atoms with Crippen molar-refractivity contribution in [3.05, 3.63) is 46.8 Å². The van der Waals surface area contributed by atoms with Gasteiger partial charge in [-0.15, -0.1) is 0 Å². The van der Waals surface area contributed by atoms with E-state index in [4.69, 9.17) is 11.6 Å². The van der Waals surface area contributed by atoms with Gasteiger partial charge in [0.25, 0.3) is 5.78 Å². The third kappa shape index (κ3) is 2.83. The molecule has 1 aromatic carbocycles. The molecule has 1 atom stereocenters. The first-order chi connectivity index (χ1) is 12.5. The molecule has 1 unspecified atom stereocenters. The van der Waals surface area contributed by atoms with Crippen molar-refractivity contribution in [2.75, 3.05) is 20.1 Å². The summed E-state index contributed by atoms with van der Waals surface area (Å²) in [7, 11) is 1.98. The topological polar surface area (TPSA) is 46.3 Å². The molecule has 3 heterocycles. The van der Waals surface area contributed by atoms with Crippen LogP contribution < -0.4 is 0 Å². The van der Waals surface area contributed by atoms with Crippen LogP contribution in [0.15, 0.2) is 18.5 Å². The van der Waals surface area contributed by atoms with Gasteiger partial charge in [0.1, 0.15) is 28.9 Å². The van der Waals surface area contributed by atoms with Gasteiger partial charge in [-0.05, 0) is 26.4 Å². The van der Waals surface area contributed by atoms with E-state index < -0.39 is 23.0 Å². The predicted octanol–water partition coefficient (Wildman–Crippen LogP) is 3.67. The number of halogens is 4. The highest BCUT2D eigenvalue weighted by Gasteiger charge is 2.30. The van der Waals surface area contributed by atoms with Crippen molar-refractivity contribution >= 4 is 17.4 Å². The van der Waals surface area contributed by atoms with Gasteiger partial charge in [-0.3, -0.25) is 0 Å². The van der Waals surface area contributed by atoms with Crippen molar-refractivity contribution in [1.82, 2.24) is 24.5 Å². The summed E-state index contributed by atoms with van der Waals surface area (Å²) < 4.78 is 43.8. The molecular formula is C17H15ClF3N5. The van der Waals surface area contributed by atoms with E-state index in [9.17, 15) is 13.2 Å². The Bertz CT molecular complexity index is 967. The third-order valence-corrected chi connectivity index (χ3v) is 4.96. The zero-order valence-corrected chi connectivity index (χ0v) is 14.6. The SMILES string of the molecule is CN1CCCC(c2c(-c3c(F)cc(F)cc3F)c(Cl)nc3ncnn23)C1. The Balaban J connectivity index is 2.03. The summed E-state index contributed by atoms with van der Waals surface area (Å²) in [5.74, 6) is -2.87. The summed E-state index contributed by atoms with van der Waals surface area (Å²) in [6.45, 7) is 1.61. The molecular weight excluding hydrogens is 367 g/mol. The Morgan fingerprint density at radius 2 is 1.88 bits per heavy atom. The van der Waals surface area contributed by atoms with Crippen LogP contribution in [0, 0.1) is 17.5 Å². The van der Waals surface area contributed by atoms with Crippen LogP contribution in [0.3, 0.4) is 0 Å². The number of likely N-dealkylation sites (tertiary alicyclic amines) is 1. The molecule has 5 nitrogen and oxygen atoms in total. The molecule has 0 bridgehead atoms. The average molecular weight is 382 g/mol. The first-order valence-corrected chi connectivity index (χ1v) is 8.56. The molecule has 0 radical (unpaired) electrons. The van der Waals surface area contributed by atoms with E-state index in [1.807, 2.05) is 7.05 Å². The lowest BCUT2D eigenvalue weighted by Crippen LogP contribution is -2.32. The Morgan fingerprint density at radius 3 is 2.58 bits per heavy atom. The molecule has 3 aromatic rings. The number of aromatic nitrogens is 4. The normalized spacial score (nSPS) is 18.6. The lowest BCUT2D eigenvalue weighted by molar-refractivity contribution is 0.247. The standard InChI is InChI=1S/C17H15ClF3N5/c1-25-4-2-3-9(7-25)15-14(13-11(20)5-10(19)6-12(13)21)16(18)24-17-22-8-23-26(15)17/h5-6,8-9H,2-4,7H2,1H3. The number of hydrogen-bond acceptors (Lipinski definition) is 4. The van der Waals surface area contributed by atoms with Gasteiger partial charge in [-0.2, -0.15) is 15.1 Å². The molecule has 1 saturated heterocycles. The number of benzene rings is 1. The van der Waals surface area contributed by atoms with Crippen LogP contribution >= 0.6 is 11.6 Å². The summed E-state index contributed by atoms with van der Waals surface area (Å²) in [6, 6.07) is 1.27. The van der Waals surface area contributed by atoms with Crippen LogP contribution in [0.5, 0.6) is 0 Å². The smallest absolute Gasteiger partial charge is 0.253 e. The van der Waals surface area contributed by atoms with Crippen molar-refractivity contribution in [3.63, 3.8) is 0 Å². The van der Waals surface area contributed by atoms with Gasteiger partial charge in [-0.25, -0.2) is 17.7 Å². The first-order valence-electron chi connectivity index (χ1n) is 8.18. The Kier molecular flexibility index (Phi) is 4.32. The van der Waals surface area contributed by atoms with E-state index in [0.717, 1.165) is 19.4 Å². The van der Waals surface area contributed by atoms with Gasteiger partial charge >= 0.3 is 0 Å². The van der Waals surface area contributed by atoms with E-state index in [0.29, 0.717) is 24.4 Å². The van der Waals surface area contributed by atoms with Gasteiger partial charge < -0.3 is 4.90 Å². The molecule has 136 valence electrons. The molecule has 9 heteroatoms. The molecule has 1 aliphatic rings. The molecule has 4 rings (SSSR count). The van der Waals surface area contributed by atoms with Crippen LogP contribution in [-0.2, 0) is 0 Å². The van der Waals surface area contributed by atoms with Crippen LogP contribution in [-0.4, -0.2) is 44.6 Å². The zero-order chi connectivity index (χ0) is 18.4. The molecule has 0 amide bonds. The highest BCUT2D eigenvalue weighted by molar-refractivity contribution is 6.32. The van der Waals surface area contributed by atoms with Crippen LogP contribution in [0.25, 0.3) is 16.9 Å². The van der Waals surface area contributed by atoms with Crippen LogP contribution in [0.2, 0.25) is 5.15 Å². The van der Waals surface area contributed by atoms with E-state index in [1.54, 1.807) is 0 Å². The van der Waals surface area contributed by atoms with Crippen molar-refractivity contribution in [3.8, 4) is 11.1 Å². The first kappa shape index (κ1) is 17.2. The number of fused-ring (bicyclic) bond motifs is 1. The molecule has 0 aliphatic carbocycles. The Hall–Kier alpha value is -2.19. The van der Waals surface area contributed by atoms with Gasteiger partial charge in [-0.1, -0.05) is 11.6 Å². The zero-order valence-electron chi connectivity index (χ0n) is 13.9. The number of piperidine rings is 1. The molecule has 0 N–H and O–H groups in total. The molecule has 0 spiro atoms. The number of hydrogen-bond donors (Lipinski definition) is 0. The maximum atomic E-state index is 14.5. The maximum Gasteiger partial charge on any atom is 0.253 e. The van der Waals surface area contributed by atoms with Crippen molar-refractivity contribution in [2.24, 2.45) is 0 Å². The fourth-order valence-corrected chi connectivity index (χ4v) is 3.88. The van der Waals surface area contributed by atoms with Crippen molar-refractivity contribution < 1.29 is 13.2 Å². The monoisotopic (exact) mass is 381 g/mol. The average Bonchev–Trinajstić information content (AvgIpc) is 3.01. The number of likely N-dealkylation sites (N-methyl/N-ethyl adjacent to an activating group) is 1. The minimum atomic E-state index is -1.03. The van der Waals surface area contributed by atoms with E-state index >= 15 is 0 Å². The molecule has 26 heavy (non-hydrogen) atoms. The lowest BCUT2D eigenvalue weighted by Gasteiger charge is -2.31. The third-order valence-electron chi connectivity index (χ3n) is 4.69. The van der Waals surface area contributed by atoms with E-state index in [-0.39, 0.29) is 22.4 Å². The van der Waals surface area contributed by atoms with Gasteiger partial charge in [0, 0.05) is 30.2 Å². The predicted molar refractivity (Wildman–Crippen MR) is 90.6 cm³/mol. The van der Waals surface area contributed by atoms with Crippen LogP contribution in [0.4, 0.5) is 13.2 Å². The minimum Gasteiger partial charge on any atom is -0.306 e. The Labute approximate surface area is 152 Å². The fourth-order valence-electron chi connectivity index (χ4n) is 3.62. The van der Waals surface area contributed by atoms with Crippen LogP contribution in [0.1, 0.15) is 24.5 Å². The lowest BCUT2D eigenvalue weighted by atomic mass is 9.89. The highest BCUT2D eigenvalue weighted by atomic mass is 35.5. The van der Waals surface area contributed by atoms with Gasteiger partial charge in [0.05, 0.1) is 11.3 Å². The maximum absolute atomic E-state index is 14.5. The van der Waals surface area contributed by atoms with Gasteiger partial charge in [0.2, 0.25) is 0 Å². The summed E-state index contributed by atoms with van der Waals surface area (Å²) in [5.41, 5.74) is 0.234. The number of nitrogens with zero attached hydrogens (tertiary/aromatic N) is 5. The second-order valence-electron chi connectivity index (χ2n) is 6.48. The molecule has 0 saturated carbocycles. The fraction of sp³-hybridized carbons (Fsp3) is 0.353. The quantitative estimate of drug-likeness (QED) is 0.635. The van der Waals surface area contributed by atoms with E-state index in [2.05, 4.69) is 20.0 Å². The van der Waals surface area contributed by atoms with E-state index in [1.165, 1.54) is 10.8 Å². The highest BCUT2D eigenvalue weighted by Crippen LogP contribution is 2.40. The molecule has 2 aromatic heterocycles. The summed E-state index contributed by atoms with van der Waals surface area (Å²) in [5, 5.41) is 4.08. The molecule has 1 fully saturated rings. The Morgan fingerprint density at radius 1 is 1.15 bits per heavy atom. The second kappa shape index (κ2) is 6.51. The van der Waals surface area contributed by atoms with Crippen molar-refractivity contribution in [2.45, 2.75) is 18.8 Å². The van der Waals surface area contributed by atoms with Crippen molar-refractivity contribution in [1.29, 1.82) is 0 Å². The summed E-state index contributed by atoms with van der Waals surface area (Å²) >= 11 is 6.31. The number of rotatable bonds is 2. The largest absolute Gasteiger partial charge is 0.306 e. The summed E-state index contributed by atoms with van der Waals surface area (Å²) in [6.07, 6.45) is 3.04. The minimum absolute atomic E-state index is 0.0719. The van der Waals surface area contributed by atoms with Gasteiger partial charge in [0.15, 0.2) is 0 Å². The second-order valence-corrected chi connectivity index (χ2v) is 6.84. The molecule has 1 aliphatic heterocycles.